The minimum Gasteiger partial charge on any atom is -0.390 e. The van der Waals surface area contributed by atoms with E-state index in [-0.39, 0.29) is 11.9 Å². The fourth-order valence-electron chi connectivity index (χ4n) is 4.04. The average molecular weight is 299 g/mol. The number of fused-ring (bicyclic) bond motifs is 1. The summed E-state index contributed by atoms with van der Waals surface area (Å²) in [5.74, 6) is -0.300. The Kier molecular flexibility index (Phi) is 4.09. The van der Waals surface area contributed by atoms with Gasteiger partial charge in [0.1, 0.15) is 0 Å². The fraction of sp³-hybridized carbons (Fsp3) is 0.526. The molecule has 118 valence electrons. The predicted octanol–water partition coefficient (Wildman–Crippen LogP) is 2.74. The Morgan fingerprint density at radius 1 is 1.18 bits per heavy atom. The van der Waals surface area contributed by atoms with E-state index in [0.29, 0.717) is 6.54 Å². The SMILES string of the molecule is CCc1cc(C)cc(CC)c1C1C(=O)N2CC=CCC2C1O. The number of amides is 1. The molecule has 3 rings (SSSR count). The third-order valence-electron chi connectivity index (χ3n) is 5.10. The monoisotopic (exact) mass is 299 g/mol. The Hall–Kier alpha value is -1.61. The van der Waals surface area contributed by atoms with Crippen LogP contribution in [0.5, 0.6) is 0 Å². The molecule has 2 heterocycles. The van der Waals surface area contributed by atoms with Gasteiger partial charge in [0.2, 0.25) is 5.91 Å². The van der Waals surface area contributed by atoms with Crippen molar-refractivity contribution in [2.75, 3.05) is 6.54 Å². The van der Waals surface area contributed by atoms with E-state index in [9.17, 15) is 9.90 Å². The summed E-state index contributed by atoms with van der Waals surface area (Å²) in [5.41, 5.74) is 4.74. The van der Waals surface area contributed by atoms with Gasteiger partial charge in [0.25, 0.3) is 0 Å². The number of aliphatic hydroxyl groups excluding tert-OH is 1. The molecular formula is C19H25NO2. The number of nitrogens with zero attached hydrogens (tertiary/aromatic N) is 1. The van der Waals surface area contributed by atoms with Gasteiger partial charge in [0.05, 0.1) is 18.1 Å². The van der Waals surface area contributed by atoms with E-state index < -0.39 is 12.0 Å². The van der Waals surface area contributed by atoms with E-state index in [1.165, 1.54) is 16.7 Å². The average Bonchev–Trinajstić information content (AvgIpc) is 2.78. The van der Waals surface area contributed by atoms with Crippen LogP contribution in [-0.4, -0.2) is 34.6 Å². The van der Waals surface area contributed by atoms with Crippen molar-refractivity contribution in [1.29, 1.82) is 0 Å². The third-order valence-corrected chi connectivity index (χ3v) is 5.10. The molecule has 0 bridgehead atoms. The molecule has 1 aromatic rings. The van der Waals surface area contributed by atoms with Gasteiger partial charge in [-0.05, 0) is 42.9 Å². The molecule has 1 amide bonds. The van der Waals surface area contributed by atoms with Crippen LogP contribution in [0.4, 0.5) is 0 Å². The molecule has 1 fully saturated rings. The van der Waals surface area contributed by atoms with Crippen LogP contribution in [0.3, 0.4) is 0 Å². The molecule has 1 aromatic carbocycles. The molecule has 3 unspecified atom stereocenters. The van der Waals surface area contributed by atoms with Gasteiger partial charge < -0.3 is 10.0 Å². The highest BCUT2D eigenvalue weighted by Gasteiger charge is 2.48. The minimum absolute atomic E-state index is 0.0572. The van der Waals surface area contributed by atoms with Gasteiger partial charge in [0.15, 0.2) is 0 Å². The largest absolute Gasteiger partial charge is 0.390 e. The summed E-state index contributed by atoms with van der Waals surface area (Å²) in [5, 5.41) is 10.8. The lowest BCUT2D eigenvalue weighted by molar-refractivity contribution is -0.129. The second-order valence-electron chi connectivity index (χ2n) is 6.44. The summed E-state index contributed by atoms with van der Waals surface area (Å²) in [7, 11) is 0. The van der Waals surface area contributed by atoms with Crippen molar-refractivity contribution in [2.45, 2.75) is 58.1 Å². The highest BCUT2D eigenvalue weighted by Crippen LogP contribution is 2.40. The molecule has 3 nitrogen and oxygen atoms in total. The highest BCUT2D eigenvalue weighted by atomic mass is 16.3. The number of carbonyl (C=O) groups is 1. The number of aliphatic hydroxyl groups is 1. The van der Waals surface area contributed by atoms with Crippen LogP contribution in [-0.2, 0) is 17.6 Å². The fourth-order valence-corrected chi connectivity index (χ4v) is 4.04. The molecule has 0 aromatic heterocycles. The number of benzene rings is 1. The van der Waals surface area contributed by atoms with Gasteiger partial charge in [-0.1, -0.05) is 43.7 Å². The Bertz CT molecular complexity index is 595. The Balaban J connectivity index is 2.09. The normalized spacial score (nSPS) is 27.4. The first kappa shape index (κ1) is 15.3. The van der Waals surface area contributed by atoms with Crippen LogP contribution >= 0.6 is 0 Å². The van der Waals surface area contributed by atoms with E-state index in [1.54, 1.807) is 0 Å². The zero-order valence-corrected chi connectivity index (χ0v) is 13.7. The summed E-state index contributed by atoms with van der Waals surface area (Å²) < 4.78 is 0. The maximum atomic E-state index is 12.9. The van der Waals surface area contributed by atoms with Gasteiger partial charge in [-0.15, -0.1) is 0 Å². The summed E-state index contributed by atoms with van der Waals surface area (Å²) in [6, 6.07) is 4.28. The summed E-state index contributed by atoms with van der Waals surface area (Å²) >= 11 is 0. The molecule has 0 aliphatic carbocycles. The molecular weight excluding hydrogens is 274 g/mol. The maximum Gasteiger partial charge on any atom is 0.233 e. The van der Waals surface area contributed by atoms with Crippen molar-refractivity contribution in [1.82, 2.24) is 4.90 Å². The van der Waals surface area contributed by atoms with E-state index in [2.05, 4.69) is 39.0 Å². The lowest BCUT2D eigenvalue weighted by atomic mass is 9.83. The number of rotatable bonds is 3. The number of hydrogen-bond donors (Lipinski definition) is 1. The molecule has 2 aliphatic heterocycles. The van der Waals surface area contributed by atoms with E-state index in [0.717, 1.165) is 24.8 Å². The minimum atomic E-state index is -0.601. The molecule has 0 saturated carbocycles. The van der Waals surface area contributed by atoms with Gasteiger partial charge in [0, 0.05) is 6.54 Å². The molecule has 1 N–H and O–H groups in total. The lowest BCUT2D eigenvalue weighted by Crippen LogP contribution is -2.38. The topological polar surface area (TPSA) is 40.5 Å². The standard InChI is InChI=1S/C19H25NO2/c1-4-13-10-12(3)11-14(5-2)16(13)17-18(21)15-8-6-7-9-20(15)19(17)22/h6-7,10-11,15,17-18,21H,4-5,8-9H2,1-3H3. The summed E-state index contributed by atoms with van der Waals surface area (Å²) in [6.45, 7) is 6.98. The first-order chi connectivity index (χ1) is 10.6. The molecule has 3 atom stereocenters. The van der Waals surface area contributed by atoms with Crippen molar-refractivity contribution < 1.29 is 9.90 Å². The first-order valence-corrected chi connectivity index (χ1v) is 8.34. The zero-order chi connectivity index (χ0) is 15.9. The van der Waals surface area contributed by atoms with Gasteiger partial charge >= 0.3 is 0 Å². The third kappa shape index (κ3) is 2.28. The zero-order valence-electron chi connectivity index (χ0n) is 13.7. The summed E-state index contributed by atoms with van der Waals surface area (Å²) in [6.07, 6.45) is 6.05. The van der Waals surface area contributed by atoms with Crippen molar-refractivity contribution in [2.24, 2.45) is 0 Å². The number of aryl methyl sites for hydroxylation is 3. The smallest absolute Gasteiger partial charge is 0.233 e. The van der Waals surface area contributed by atoms with Crippen molar-refractivity contribution in [3.05, 3.63) is 46.5 Å². The Labute approximate surface area is 132 Å². The Morgan fingerprint density at radius 2 is 1.82 bits per heavy atom. The van der Waals surface area contributed by atoms with Crippen molar-refractivity contribution >= 4 is 5.91 Å². The molecule has 1 saturated heterocycles. The van der Waals surface area contributed by atoms with Crippen LogP contribution in [0, 0.1) is 6.92 Å². The highest BCUT2D eigenvalue weighted by molar-refractivity contribution is 5.88. The molecule has 22 heavy (non-hydrogen) atoms. The molecule has 3 heteroatoms. The quantitative estimate of drug-likeness (QED) is 0.872. The van der Waals surface area contributed by atoms with Gasteiger partial charge in [-0.2, -0.15) is 0 Å². The molecule has 2 aliphatic rings. The van der Waals surface area contributed by atoms with E-state index in [4.69, 9.17) is 0 Å². The lowest BCUT2D eigenvalue weighted by Gasteiger charge is -2.27. The number of carbonyl (C=O) groups excluding carboxylic acids is 1. The number of hydrogen-bond acceptors (Lipinski definition) is 2. The maximum absolute atomic E-state index is 12.9. The van der Waals surface area contributed by atoms with E-state index >= 15 is 0 Å². The van der Waals surface area contributed by atoms with Crippen LogP contribution in [0.2, 0.25) is 0 Å². The van der Waals surface area contributed by atoms with Crippen molar-refractivity contribution in [3.63, 3.8) is 0 Å². The van der Waals surface area contributed by atoms with Crippen molar-refractivity contribution in [3.8, 4) is 0 Å². The van der Waals surface area contributed by atoms with Gasteiger partial charge in [-0.3, -0.25) is 4.79 Å². The van der Waals surface area contributed by atoms with Crippen LogP contribution in [0.1, 0.15) is 48.4 Å². The molecule has 0 radical (unpaired) electrons. The van der Waals surface area contributed by atoms with Crippen LogP contribution in [0.15, 0.2) is 24.3 Å². The van der Waals surface area contributed by atoms with Crippen LogP contribution in [0.25, 0.3) is 0 Å². The van der Waals surface area contributed by atoms with Gasteiger partial charge in [-0.25, -0.2) is 0 Å². The molecule has 0 spiro atoms. The summed E-state index contributed by atoms with van der Waals surface area (Å²) in [4.78, 5) is 14.8. The predicted molar refractivity (Wildman–Crippen MR) is 87.9 cm³/mol. The second kappa shape index (κ2) is 5.88. The Morgan fingerprint density at radius 3 is 2.36 bits per heavy atom. The second-order valence-corrected chi connectivity index (χ2v) is 6.44. The van der Waals surface area contributed by atoms with E-state index in [1.807, 2.05) is 11.0 Å². The van der Waals surface area contributed by atoms with Crippen LogP contribution < -0.4 is 0 Å². The first-order valence-electron chi connectivity index (χ1n) is 8.34.